The normalized spacial score (nSPS) is 20.2. The lowest BCUT2D eigenvalue weighted by molar-refractivity contribution is -0.125. The van der Waals surface area contributed by atoms with Gasteiger partial charge in [-0.05, 0) is 51.3 Å². The second-order valence-corrected chi connectivity index (χ2v) is 6.60. The van der Waals surface area contributed by atoms with E-state index in [1.54, 1.807) is 0 Å². The Balaban J connectivity index is 1.89. The molecule has 1 fully saturated rings. The van der Waals surface area contributed by atoms with E-state index in [4.69, 9.17) is 0 Å². The molecule has 0 radical (unpaired) electrons. The summed E-state index contributed by atoms with van der Waals surface area (Å²) in [5.41, 5.74) is 0.599. The third-order valence-electron chi connectivity index (χ3n) is 4.66. The second-order valence-electron chi connectivity index (χ2n) is 6.60. The fraction of sp³-hybridized carbons (Fsp3) is 0.611. The van der Waals surface area contributed by atoms with E-state index in [0.29, 0.717) is 5.92 Å². The van der Waals surface area contributed by atoms with Gasteiger partial charge in [-0.15, -0.1) is 0 Å². The molecule has 3 nitrogen and oxygen atoms in total. The molecule has 21 heavy (non-hydrogen) atoms. The van der Waals surface area contributed by atoms with Crippen molar-refractivity contribution in [3.63, 3.8) is 0 Å². The van der Waals surface area contributed by atoms with Crippen molar-refractivity contribution in [2.75, 3.05) is 26.2 Å². The number of rotatable bonds is 5. The van der Waals surface area contributed by atoms with E-state index in [-0.39, 0.29) is 5.91 Å². The van der Waals surface area contributed by atoms with Gasteiger partial charge in [-0.25, -0.2) is 0 Å². The van der Waals surface area contributed by atoms with E-state index in [2.05, 4.69) is 17.1 Å². The van der Waals surface area contributed by atoms with Gasteiger partial charge in [-0.1, -0.05) is 37.3 Å². The first-order valence-electron chi connectivity index (χ1n) is 8.10. The molecular formula is C18H28N2O. The van der Waals surface area contributed by atoms with Gasteiger partial charge in [-0.3, -0.25) is 4.79 Å². The van der Waals surface area contributed by atoms with Crippen LogP contribution < -0.4 is 5.32 Å². The minimum atomic E-state index is -0.472. The largest absolute Gasteiger partial charge is 0.355 e. The quantitative estimate of drug-likeness (QED) is 0.903. The van der Waals surface area contributed by atoms with Crippen LogP contribution in [0.1, 0.15) is 39.2 Å². The van der Waals surface area contributed by atoms with Crippen molar-refractivity contribution in [2.45, 2.75) is 39.0 Å². The summed E-state index contributed by atoms with van der Waals surface area (Å²) in [6, 6.07) is 10.0. The number of carbonyl (C=O) groups excluding carboxylic acids is 1. The number of piperidine rings is 1. The standard InChI is InChI=1S/C18H28N2O/c1-4-20-12-8-9-15(14-20)13-19-17(21)18(2,3)16-10-6-5-7-11-16/h5-7,10-11,15H,4,8-9,12-14H2,1-3H3,(H,19,21)/t15-/m1/s1. The van der Waals surface area contributed by atoms with Gasteiger partial charge in [0.15, 0.2) is 0 Å². The topological polar surface area (TPSA) is 32.3 Å². The zero-order valence-corrected chi connectivity index (χ0v) is 13.6. The van der Waals surface area contributed by atoms with Crippen molar-refractivity contribution < 1.29 is 4.79 Å². The van der Waals surface area contributed by atoms with Crippen molar-refractivity contribution in [1.29, 1.82) is 0 Å². The number of benzene rings is 1. The third-order valence-corrected chi connectivity index (χ3v) is 4.66. The highest BCUT2D eigenvalue weighted by Crippen LogP contribution is 2.23. The number of nitrogens with zero attached hydrogens (tertiary/aromatic N) is 1. The Kier molecular flexibility index (Phi) is 5.40. The molecule has 0 aliphatic carbocycles. The first-order chi connectivity index (χ1) is 10.0. The Labute approximate surface area is 128 Å². The first-order valence-corrected chi connectivity index (χ1v) is 8.10. The number of hydrogen-bond donors (Lipinski definition) is 1. The number of hydrogen-bond acceptors (Lipinski definition) is 2. The highest BCUT2D eigenvalue weighted by Gasteiger charge is 2.30. The van der Waals surface area contributed by atoms with Crippen LogP contribution in [0.15, 0.2) is 30.3 Å². The van der Waals surface area contributed by atoms with Crippen molar-refractivity contribution in [2.24, 2.45) is 5.92 Å². The lowest BCUT2D eigenvalue weighted by Crippen LogP contribution is -2.45. The fourth-order valence-electron chi connectivity index (χ4n) is 3.05. The number of amides is 1. The molecule has 1 aromatic carbocycles. The molecule has 1 atom stereocenters. The van der Waals surface area contributed by atoms with Crippen LogP contribution >= 0.6 is 0 Å². The predicted molar refractivity (Wildman–Crippen MR) is 87.3 cm³/mol. The minimum Gasteiger partial charge on any atom is -0.355 e. The molecule has 1 aliphatic rings. The Hall–Kier alpha value is -1.35. The highest BCUT2D eigenvalue weighted by atomic mass is 16.2. The number of likely N-dealkylation sites (tertiary alicyclic amines) is 1. The lowest BCUT2D eigenvalue weighted by atomic mass is 9.83. The van der Waals surface area contributed by atoms with E-state index in [0.717, 1.165) is 25.2 Å². The average molecular weight is 288 g/mol. The molecule has 1 heterocycles. The molecule has 0 unspecified atom stereocenters. The van der Waals surface area contributed by atoms with E-state index in [1.807, 2.05) is 44.2 Å². The molecule has 1 N–H and O–H groups in total. The van der Waals surface area contributed by atoms with Gasteiger partial charge >= 0.3 is 0 Å². The zero-order chi connectivity index (χ0) is 15.3. The number of carbonyl (C=O) groups is 1. The van der Waals surface area contributed by atoms with E-state index >= 15 is 0 Å². The maximum absolute atomic E-state index is 12.5. The molecule has 1 aromatic rings. The van der Waals surface area contributed by atoms with Crippen LogP contribution in [0.25, 0.3) is 0 Å². The summed E-state index contributed by atoms with van der Waals surface area (Å²) in [5.74, 6) is 0.719. The molecule has 0 aromatic heterocycles. The molecule has 0 saturated carbocycles. The molecular weight excluding hydrogens is 260 g/mol. The van der Waals surface area contributed by atoms with Crippen LogP contribution in [-0.4, -0.2) is 37.0 Å². The lowest BCUT2D eigenvalue weighted by Gasteiger charge is -2.33. The zero-order valence-electron chi connectivity index (χ0n) is 13.6. The Morgan fingerprint density at radius 2 is 2.05 bits per heavy atom. The summed E-state index contributed by atoms with van der Waals surface area (Å²) < 4.78 is 0. The van der Waals surface area contributed by atoms with E-state index in [1.165, 1.54) is 19.4 Å². The summed E-state index contributed by atoms with van der Waals surface area (Å²) >= 11 is 0. The van der Waals surface area contributed by atoms with Crippen molar-refractivity contribution in [3.8, 4) is 0 Å². The smallest absolute Gasteiger partial charge is 0.230 e. The summed E-state index contributed by atoms with van der Waals surface area (Å²) in [5, 5.41) is 3.17. The van der Waals surface area contributed by atoms with Crippen LogP contribution in [0.3, 0.4) is 0 Å². The van der Waals surface area contributed by atoms with Crippen LogP contribution in [-0.2, 0) is 10.2 Å². The average Bonchev–Trinajstić information content (AvgIpc) is 2.53. The molecule has 1 saturated heterocycles. The maximum Gasteiger partial charge on any atom is 0.230 e. The van der Waals surface area contributed by atoms with Crippen LogP contribution in [0, 0.1) is 5.92 Å². The Morgan fingerprint density at radius 1 is 1.33 bits per heavy atom. The molecule has 3 heteroatoms. The summed E-state index contributed by atoms with van der Waals surface area (Å²) in [6.45, 7) is 10.4. The van der Waals surface area contributed by atoms with Gasteiger partial charge in [0.1, 0.15) is 0 Å². The molecule has 116 valence electrons. The minimum absolute atomic E-state index is 0.127. The van der Waals surface area contributed by atoms with Gasteiger partial charge in [0, 0.05) is 13.1 Å². The van der Waals surface area contributed by atoms with Gasteiger partial charge < -0.3 is 10.2 Å². The van der Waals surface area contributed by atoms with Gasteiger partial charge in [0.2, 0.25) is 5.91 Å². The molecule has 2 rings (SSSR count). The van der Waals surface area contributed by atoms with Crippen LogP contribution in [0.5, 0.6) is 0 Å². The molecule has 0 spiro atoms. The Bertz CT molecular complexity index is 456. The first kappa shape index (κ1) is 16.0. The summed E-state index contributed by atoms with van der Waals surface area (Å²) in [7, 11) is 0. The van der Waals surface area contributed by atoms with Gasteiger partial charge in [0.25, 0.3) is 0 Å². The van der Waals surface area contributed by atoms with E-state index < -0.39 is 5.41 Å². The maximum atomic E-state index is 12.5. The van der Waals surface area contributed by atoms with Crippen molar-refractivity contribution >= 4 is 5.91 Å². The monoisotopic (exact) mass is 288 g/mol. The summed E-state index contributed by atoms with van der Waals surface area (Å²) in [4.78, 5) is 15.0. The van der Waals surface area contributed by atoms with Gasteiger partial charge in [0.05, 0.1) is 5.41 Å². The fourth-order valence-corrected chi connectivity index (χ4v) is 3.05. The highest BCUT2D eigenvalue weighted by molar-refractivity contribution is 5.87. The Morgan fingerprint density at radius 3 is 2.71 bits per heavy atom. The predicted octanol–water partition coefficient (Wildman–Crippen LogP) is 2.81. The molecule has 1 aliphatic heterocycles. The van der Waals surface area contributed by atoms with Gasteiger partial charge in [-0.2, -0.15) is 0 Å². The van der Waals surface area contributed by atoms with Crippen LogP contribution in [0.4, 0.5) is 0 Å². The number of nitrogens with one attached hydrogen (secondary N) is 1. The summed E-state index contributed by atoms with van der Waals surface area (Å²) in [6.07, 6.45) is 2.47. The van der Waals surface area contributed by atoms with Crippen molar-refractivity contribution in [3.05, 3.63) is 35.9 Å². The molecule has 0 bridgehead atoms. The second kappa shape index (κ2) is 7.08. The van der Waals surface area contributed by atoms with Crippen LogP contribution in [0.2, 0.25) is 0 Å². The van der Waals surface area contributed by atoms with E-state index in [9.17, 15) is 4.79 Å². The third kappa shape index (κ3) is 4.07. The SMILES string of the molecule is CCN1CCC[C@H](CNC(=O)C(C)(C)c2ccccc2)C1. The molecule has 1 amide bonds. The van der Waals surface area contributed by atoms with Crippen molar-refractivity contribution in [1.82, 2.24) is 10.2 Å².